The van der Waals surface area contributed by atoms with Crippen molar-refractivity contribution in [1.29, 1.82) is 0 Å². The Morgan fingerprint density at radius 3 is 2.02 bits per heavy atom. The van der Waals surface area contributed by atoms with E-state index in [0.717, 1.165) is 22.3 Å². The molecule has 2 amide bonds. The Labute approximate surface area is 315 Å². The van der Waals surface area contributed by atoms with Crippen molar-refractivity contribution in [3.05, 3.63) is 129 Å². The summed E-state index contributed by atoms with van der Waals surface area (Å²) in [5.74, 6) is 0.214. The van der Waals surface area contributed by atoms with E-state index in [1.54, 1.807) is 28.8 Å². The van der Waals surface area contributed by atoms with E-state index in [2.05, 4.69) is 35.6 Å². The third-order valence-corrected chi connectivity index (χ3v) is 8.65. The second-order valence-electron chi connectivity index (χ2n) is 12.6. The van der Waals surface area contributed by atoms with Gasteiger partial charge in [0.25, 0.3) is 5.69 Å². The second kappa shape index (κ2) is 17.6. The summed E-state index contributed by atoms with van der Waals surface area (Å²) in [6, 6.07) is 22.9. The van der Waals surface area contributed by atoms with E-state index in [-0.39, 0.29) is 61.4 Å². The summed E-state index contributed by atoms with van der Waals surface area (Å²) in [6.45, 7) is 2.94. The molecule has 0 aliphatic heterocycles. The van der Waals surface area contributed by atoms with Crippen LogP contribution in [0.5, 0.6) is 11.9 Å². The first-order valence-corrected chi connectivity index (χ1v) is 17.4. The molecule has 0 aliphatic rings. The minimum Gasteiger partial charge on any atom is -0.471 e. The molecule has 6 aromatic rings. The first-order chi connectivity index (χ1) is 26.6. The molecule has 6 rings (SSSR count). The van der Waals surface area contributed by atoms with E-state index in [0.29, 0.717) is 42.1 Å². The van der Waals surface area contributed by atoms with Crippen molar-refractivity contribution in [2.45, 2.75) is 58.5 Å². The highest BCUT2D eigenvalue weighted by Crippen LogP contribution is 2.33. The maximum Gasteiger partial charge on any atom is 0.318 e. The number of fused-ring (bicyclic) bond motifs is 1. The molecule has 1 unspecified atom stereocenters. The number of anilines is 2. The van der Waals surface area contributed by atoms with Crippen molar-refractivity contribution in [3.8, 4) is 11.9 Å². The van der Waals surface area contributed by atoms with Gasteiger partial charge in [0.05, 0.1) is 22.9 Å². The number of hydrogen-bond acceptors (Lipinski definition) is 13. The first-order valence-electron chi connectivity index (χ1n) is 17.4. The number of nitrogens with zero attached hydrogens (tertiary/aromatic N) is 7. The number of aromatic nitrogens is 6. The number of para-hydroxylation sites is 1. The highest BCUT2D eigenvalue weighted by atomic mass is 16.6. The molecule has 1 atom stereocenters. The fourth-order valence-corrected chi connectivity index (χ4v) is 5.70. The van der Waals surface area contributed by atoms with Crippen LogP contribution in [-0.4, -0.2) is 46.2 Å². The third-order valence-electron chi connectivity index (χ3n) is 8.65. The van der Waals surface area contributed by atoms with Crippen LogP contribution in [0.15, 0.2) is 91.4 Å². The summed E-state index contributed by atoms with van der Waals surface area (Å²) in [5.41, 5.74) is 16.4. The molecule has 6 N–H and O–H groups in total. The Hall–Kier alpha value is -7.17. The van der Waals surface area contributed by atoms with Gasteiger partial charge in [-0.1, -0.05) is 66.7 Å². The Morgan fingerprint density at radius 2 is 1.40 bits per heavy atom. The molecule has 0 aliphatic carbocycles. The van der Waals surface area contributed by atoms with E-state index in [9.17, 15) is 19.7 Å². The molecule has 0 bridgehead atoms. The predicted molar refractivity (Wildman–Crippen MR) is 202 cm³/mol. The number of nitro groups is 1. The van der Waals surface area contributed by atoms with Crippen LogP contribution in [0.3, 0.4) is 0 Å². The molecule has 0 fully saturated rings. The van der Waals surface area contributed by atoms with Gasteiger partial charge in [-0.3, -0.25) is 19.7 Å². The largest absolute Gasteiger partial charge is 0.471 e. The number of rotatable bonds is 17. The molecular formula is C38H39N11O6. The molecule has 0 saturated heterocycles. The maximum atomic E-state index is 12.5. The molecule has 3 aromatic heterocycles. The van der Waals surface area contributed by atoms with Crippen LogP contribution in [0.25, 0.3) is 11.2 Å². The number of carbonyl (C=O) groups excluding carboxylic acids is 2. The number of nitro benzene ring substituents is 1. The number of nitrogen functional groups attached to an aromatic ring is 2. The zero-order chi connectivity index (χ0) is 38.7. The monoisotopic (exact) mass is 745 g/mol. The van der Waals surface area contributed by atoms with E-state index >= 15 is 0 Å². The van der Waals surface area contributed by atoms with Gasteiger partial charge in [-0.2, -0.15) is 15.0 Å². The van der Waals surface area contributed by atoms with Gasteiger partial charge in [-0.05, 0) is 41.7 Å². The van der Waals surface area contributed by atoms with Gasteiger partial charge < -0.3 is 36.1 Å². The van der Waals surface area contributed by atoms with Crippen molar-refractivity contribution in [3.63, 3.8) is 0 Å². The number of nitrogens with one attached hydrogen (secondary N) is 2. The molecule has 17 nitrogen and oxygen atoms in total. The number of hydrogen-bond donors (Lipinski definition) is 4. The smallest absolute Gasteiger partial charge is 0.318 e. The highest BCUT2D eigenvalue weighted by molar-refractivity contribution is 5.79. The van der Waals surface area contributed by atoms with Crippen LogP contribution in [0.4, 0.5) is 17.5 Å². The lowest BCUT2D eigenvalue weighted by Gasteiger charge is -2.16. The number of ether oxygens (including phenoxy) is 2. The summed E-state index contributed by atoms with van der Waals surface area (Å²) in [7, 11) is 0. The normalized spacial score (nSPS) is 11.5. The summed E-state index contributed by atoms with van der Waals surface area (Å²) in [6.07, 6.45) is 3.92. The summed E-state index contributed by atoms with van der Waals surface area (Å²) < 4.78 is 13.4. The van der Waals surface area contributed by atoms with Crippen molar-refractivity contribution < 1.29 is 24.0 Å². The average Bonchev–Trinajstić information content (AvgIpc) is 3.62. The quantitative estimate of drug-likeness (QED) is 0.0740. The van der Waals surface area contributed by atoms with Crippen LogP contribution >= 0.6 is 0 Å². The van der Waals surface area contributed by atoms with Gasteiger partial charge in [0.2, 0.25) is 23.6 Å². The minimum atomic E-state index is -0.479. The second-order valence-corrected chi connectivity index (χ2v) is 12.6. The topological polar surface area (TPSA) is 241 Å². The zero-order valence-electron chi connectivity index (χ0n) is 29.9. The molecule has 282 valence electrons. The standard InChI is InChI=1S/C38H39N11O6/c1-24(29-5-2-3-6-30(29)49(52)53)48-23-44-35-34(48)36(47-37(40)46-35)54-21-27-13-9-25(10-14-27)19-42-32(50)7-4-8-33(51)43-20-26-11-15-28(16-12-26)22-55-38-41-18-17-31(39)45-38/h2-3,5-6,9-18,23-24H,4,7-8,19-22H2,1H3,(H,42,50)(H,43,51)(H2,39,41,45)(H2,40,46,47). The molecule has 3 aromatic carbocycles. The third kappa shape index (κ3) is 10.0. The fraction of sp³-hybridized carbons (Fsp3) is 0.237. The van der Waals surface area contributed by atoms with Crippen molar-refractivity contribution in [2.75, 3.05) is 11.5 Å². The van der Waals surface area contributed by atoms with Gasteiger partial charge >= 0.3 is 6.01 Å². The van der Waals surface area contributed by atoms with E-state index in [4.69, 9.17) is 20.9 Å². The molecule has 0 spiro atoms. The van der Waals surface area contributed by atoms with Gasteiger partial charge in [0.1, 0.15) is 19.0 Å². The highest BCUT2D eigenvalue weighted by Gasteiger charge is 2.24. The van der Waals surface area contributed by atoms with Crippen LogP contribution in [-0.2, 0) is 35.9 Å². The number of carbonyl (C=O) groups is 2. The number of benzene rings is 3. The molecule has 17 heteroatoms. The lowest BCUT2D eigenvalue weighted by Crippen LogP contribution is -2.25. The van der Waals surface area contributed by atoms with Gasteiger partial charge in [0.15, 0.2) is 11.2 Å². The van der Waals surface area contributed by atoms with E-state index < -0.39 is 11.0 Å². The maximum absolute atomic E-state index is 12.5. The van der Waals surface area contributed by atoms with Crippen molar-refractivity contribution in [2.24, 2.45) is 0 Å². The summed E-state index contributed by atoms with van der Waals surface area (Å²) in [4.78, 5) is 57.0. The molecule has 3 heterocycles. The Morgan fingerprint density at radius 1 is 0.800 bits per heavy atom. The van der Waals surface area contributed by atoms with E-state index in [1.807, 2.05) is 55.5 Å². The Bertz CT molecular complexity index is 2280. The Balaban J connectivity index is 0.922. The predicted octanol–water partition coefficient (Wildman–Crippen LogP) is 4.56. The number of amides is 2. The van der Waals surface area contributed by atoms with Crippen molar-refractivity contribution in [1.82, 2.24) is 40.1 Å². The molecule has 0 radical (unpaired) electrons. The average molecular weight is 746 g/mol. The summed E-state index contributed by atoms with van der Waals surface area (Å²) in [5, 5.41) is 17.5. The first kappa shape index (κ1) is 37.6. The molecule has 0 saturated carbocycles. The number of imidazole rings is 1. The Kier molecular flexibility index (Phi) is 12.0. The SMILES string of the molecule is CC(c1ccccc1[N+](=O)[O-])n1cnc2nc(N)nc(OCc3ccc(CNC(=O)CCCC(=O)NCc4ccc(COc5nccc(N)n5)cc4)cc3)c21. The van der Waals surface area contributed by atoms with E-state index in [1.165, 1.54) is 18.6 Å². The number of nitrogens with two attached hydrogens (primary N) is 2. The van der Waals surface area contributed by atoms with Gasteiger partial charge in [-0.25, -0.2) is 9.97 Å². The lowest BCUT2D eigenvalue weighted by atomic mass is 10.1. The fourth-order valence-electron chi connectivity index (χ4n) is 5.70. The molecule has 55 heavy (non-hydrogen) atoms. The van der Waals surface area contributed by atoms with Crippen LogP contribution in [0, 0.1) is 10.1 Å². The minimum absolute atomic E-state index is 0.0137. The van der Waals surface area contributed by atoms with Gasteiger partial charge in [-0.15, -0.1) is 0 Å². The van der Waals surface area contributed by atoms with Gasteiger partial charge in [0, 0.05) is 38.2 Å². The summed E-state index contributed by atoms with van der Waals surface area (Å²) >= 11 is 0. The lowest BCUT2D eigenvalue weighted by molar-refractivity contribution is -0.385. The molecular weight excluding hydrogens is 706 g/mol. The zero-order valence-corrected chi connectivity index (χ0v) is 29.9. The van der Waals surface area contributed by atoms with Crippen LogP contribution in [0.2, 0.25) is 0 Å². The van der Waals surface area contributed by atoms with Crippen molar-refractivity contribution >= 4 is 40.4 Å². The van der Waals surface area contributed by atoms with Crippen LogP contribution in [0.1, 0.15) is 60.0 Å². The van der Waals surface area contributed by atoms with Crippen LogP contribution < -0.4 is 31.6 Å².